The van der Waals surface area contributed by atoms with Gasteiger partial charge in [0.25, 0.3) is 0 Å². The number of hydrogen-bond acceptors (Lipinski definition) is 3. The Morgan fingerprint density at radius 2 is 1.93 bits per heavy atom. The van der Waals surface area contributed by atoms with E-state index in [-0.39, 0.29) is 12.4 Å². The predicted molar refractivity (Wildman–Crippen MR) is 99.5 cm³/mol. The highest BCUT2D eigenvalue weighted by Crippen LogP contribution is 2.43. The molecule has 0 unspecified atom stereocenters. The molecule has 0 radical (unpaired) electrons. The lowest BCUT2D eigenvalue weighted by molar-refractivity contribution is -0.139. The molecule has 0 N–H and O–H groups in total. The van der Waals surface area contributed by atoms with Crippen LogP contribution in [-0.4, -0.2) is 12.6 Å². The molecule has 1 aliphatic rings. The van der Waals surface area contributed by atoms with Crippen molar-refractivity contribution in [3.8, 4) is 5.75 Å². The van der Waals surface area contributed by atoms with Crippen LogP contribution in [0.5, 0.6) is 5.75 Å². The SMILES string of the molecule is CCCOC(=O)c1cccc(C2CC2)c1COc1ccc(C)cc1C(F)(F)F. The molecule has 0 aliphatic heterocycles. The number of hydrogen-bond donors (Lipinski definition) is 0. The second-order valence-electron chi connectivity index (χ2n) is 7.07. The second kappa shape index (κ2) is 8.25. The second-order valence-corrected chi connectivity index (χ2v) is 7.07. The third kappa shape index (κ3) is 4.66. The van der Waals surface area contributed by atoms with Crippen molar-refractivity contribution in [3.05, 3.63) is 64.2 Å². The van der Waals surface area contributed by atoms with Gasteiger partial charge in [0, 0.05) is 5.56 Å². The molecular weight excluding hydrogens is 369 g/mol. The van der Waals surface area contributed by atoms with Gasteiger partial charge in [-0.15, -0.1) is 0 Å². The quantitative estimate of drug-likeness (QED) is 0.539. The van der Waals surface area contributed by atoms with E-state index in [1.165, 1.54) is 6.07 Å². The topological polar surface area (TPSA) is 35.5 Å². The first kappa shape index (κ1) is 20.2. The average molecular weight is 392 g/mol. The Hall–Kier alpha value is -2.50. The highest BCUT2D eigenvalue weighted by Gasteiger charge is 2.35. The van der Waals surface area contributed by atoms with Gasteiger partial charge >= 0.3 is 12.1 Å². The lowest BCUT2D eigenvalue weighted by atomic mass is 9.98. The maximum absolute atomic E-state index is 13.4. The van der Waals surface area contributed by atoms with E-state index in [1.54, 1.807) is 25.1 Å². The number of carbonyl (C=O) groups is 1. The van der Waals surface area contributed by atoms with Gasteiger partial charge in [-0.1, -0.05) is 30.7 Å². The minimum Gasteiger partial charge on any atom is -0.488 e. The van der Waals surface area contributed by atoms with E-state index in [2.05, 4.69) is 0 Å². The lowest BCUT2D eigenvalue weighted by Gasteiger charge is -2.18. The zero-order valence-corrected chi connectivity index (χ0v) is 15.9. The first-order chi connectivity index (χ1) is 13.3. The number of halogens is 3. The Morgan fingerprint density at radius 1 is 1.18 bits per heavy atom. The van der Waals surface area contributed by atoms with Crippen LogP contribution in [0.2, 0.25) is 0 Å². The molecule has 6 heteroatoms. The number of aryl methyl sites for hydroxylation is 1. The molecule has 150 valence electrons. The molecular formula is C22H23F3O3. The average Bonchev–Trinajstić information content (AvgIpc) is 3.49. The molecule has 0 aromatic heterocycles. The van der Waals surface area contributed by atoms with E-state index in [1.807, 2.05) is 13.0 Å². The summed E-state index contributed by atoms with van der Waals surface area (Å²) in [6, 6.07) is 9.31. The lowest BCUT2D eigenvalue weighted by Crippen LogP contribution is -2.14. The molecule has 0 saturated heterocycles. The van der Waals surface area contributed by atoms with E-state index in [4.69, 9.17) is 9.47 Å². The number of alkyl halides is 3. The summed E-state index contributed by atoms with van der Waals surface area (Å²) in [5.74, 6) is -0.392. The smallest absolute Gasteiger partial charge is 0.419 e. The first-order valence-electron chi connectivity index (χ1n) is 9.40. The van der Waals surface area contributed by atoms with Crippen molar-refractivity contribution in [2.75, 3.05) is 6.61 Å². The van der Waals surface area contributed by atoms with E-state index in [0.717, 1.165) is 24.5 Å². The van der Waals surface area contributed by atoms with Crippen LogP contribution in [0.3, 0.4) is 0 Å². The Labute approximate surface area is 162 Å². The van der Waals surface area contributed by atoms with Gasteiger partial charge in [0.2, 0.25) is 0 Å². The van der Waals surface area contributed by atoms with Gasteiger partial charge < -0.3 is 9.47 Å². The predicted octanol–water partition coefficient (Wildman–Crippen LogP) is 6.04. The Morgan fingerprint density at radius 3 is 2.57 bits per heavy atom. The van der Waals surface area contributed by atoms with Gasteiger partial charge in [0.05, 0.1) is 17.7 Å². The Balaban J connectivity index is 1.91. The summed E-state index contributed by atoms with van der Waals surface area (Å²) in [4.78, 5) is 12.4. The zero-order valence-electron chi connectivity index (χ0n) is 15.9. The molecule has 0 atom stereocenters. The van der Waals surface area contributed by atoms with Crippen LogP contribution in [0.1, 0.15) is 64.7 Å². The number of ether oxygens (including phenoxy) is 2. The monoisotopic (exact) mass is 392 g/mol. The standard InChI is InChI=1S/C22H23F3O3/c1-3-11-27-21(26)17-6-4-5-16(15-8-9-15)18(17)13-28-20-10-7-14(2)12-19(20)22(23,24)25/h4-7,10,12,15H,3,8-9,11,13H2,1-2H3. The molecule has 1 fully saturated rings. The molecule has 2 aromatic rings. The first-order valence-corrected chi connectivity index (χ1v) is 9.40. The summed E-state index contributed by atoms with van der Waals surface area (Å²) in [7, 11) is 0. The van der Waals surface area contributed by atoms with E-state index in [0.29, 0.717) is 35.6 Å². The highest BCUT2D eigenvalue weighted by molar-refractivity contribution is 5.91. The van der Waals surface area contributed by atoms with Gasteiger partial charge in [0.1, 0.15) is 12.4 Å². The van der Waals surface area contributed by atoms with Crippen molar-refractivity contribution in [1.82, 2.24) is 0 Å². The number of esters is 1. The fraction of sp³-hybridized carbons (Fsp3) is 0.409. The van der Waals surface area contributed by atoms with Gasteiger partial charge in [-0.2, -0.15) is 13.2 Å². The van der Waals surface area contributed by atoms with Crippen LogP contribution in [0.15, 0.2) is 36.4 Å². The maximum atomic E-state index is 13.4. The van der Waals surface area contributed by atoms with E-state index in [9.17, 15) is 18.0 Å². The normalized spacial score (nSPS) is 14.0. The molecule has 1 aliphatic carbocycles. The van der Waals surface area contributed by atoms with Crippen molar-refractivity contribution in [3.63, 3.8) is 0 Å². The van der Waals surface area contributed by atoms with Crippen molar-refractivity contribution in [2.24, 2.45) is 0 Å². The van der Waals surface area contributed by atoms with E-state index >= 15 is 0 Å². The molecule has 0 spiro atoms. The molecule has 3 nitrogen and oxygen atoms in total. The fourth-order valence-corrected chi connectivity index (χ4v) is 3.15. The van der Waals surface area contributed by atoms with Crippen LogP contribution in [0, 0.1) is 6.92 Å². The number of benzene rings is 2. The van der Waals surface area contributed by atoms with Crippen LogP contribution in [-0.2, 0) is 17.5 Å². The van der Waals surface area contributed by atoms with Crippen LogP contribution < -0.4 is 4.74 Å². The minimum atomic E-state index is -4.51. The summed E-state index contributed by atoms with van der Waals surface area (Å²) < 4.78 is 50.9. The molecule has 0 amide bonds. The van der Waals surface area contributed by atoms with Crippen molar-refractivity contribution in [1.29, 1.82) is 0 Å². The van der Waals surface area contributed by atoms with Crippen molar-refractivity contribution in [2.45, 2.75) is 51.8 Å². The van der Waals surface area contributed by atoms with Crippen molar-refractivity contribution < 1.29 is 27.4 Å². The summed E-state index contributed by atoms with van der Waals surface area (Å²) >= 11 is 0. The highest BCUT2D eigenvalue weighted by atomic mass is 19.4. The molecule has 0 heterocycles. The largest absolute Gasteiger partial charge is 0.488 e. The maximum Gasteiger partial charge on any atom is 0.419 e. The summed E-state index contributed by atoms with van der Waals surface area (Å²) in [5.41, 5.74) is 1.61. The summed E-state index contributed by atoms with van der Waals surface area (Å²) in [6.45, 7) is 3.68. The van der Waals surface area contributed by atoms with Gasteiger partial charge in [0.15, 0.2) is 0 Å². The van der Waals surface area contributed by atoms with E-state index < -0.39 is 17.7 Å². The Bertz CT molecular complexity index is 855. The molecule has 28 heavy (non-hydrogen) atoms. The summed E-state index contributed by atoms with van der Waals surface area (Å²) in [6.07, 6.45) is -1.82. The third-order valence-corrected chi connectivity index (χ3v) is 4.70. The molecule has 2 aromatic carbocycles. The number of carbonyl (C=O) groups excluding carboxylic acids is 1. The third-order valence-electron chi connectivity index (χ3n) is 4.70. The van der Waals surface area contributed by atoms with Crippen LogP contribution in [0.25, 0.3) is 0 Å². The number of rotatable bonds is 7. The van der Waals surface area contributed by atoms with Gasteiger partial charge in [-0.05, 0) is 55.9 Å². The van der Waals surface area contributed by atoms with Gasteiger partial charge in [-0.3, -0.25) is 0 Å². The fourth-order valence-electron chi connectivity index (χ4n) is 3.15. The molecule has 0 bridgehead atoms. The molecule has 1 saturated carbocycles. The zero-order chi connectivity index (χ0) is 20.3. The Kier molecular flexibility index (Phi) is 5.96. The summed E-state index contributed by atoms with van der Waals surface area (Å²) in [5, 5.41) is 0. The van der Waals surface area contributed by atoms with Gasteiger partial charge in [-0.25, -0.2) is 4.79 Å². The minimum absolute atomic E-state index is 0.116. The van der Waals surface area contributed by atoms with Crippen molar-refractivity contribution >= 4 is 5.97 Å². The van der Waals surface area contributed by atoms with Crippen LogP contribution >= 0.6 is 0 Å². The van der Waals surface area contributed by atoms with Crippen LogP contribution in [0.4, 0.5) is 13.2 Å². The molecule has 3 rings (SSSR count).